The van der Waals surface area contributed by atoms with Crippen molar-refractivity contribution in [1.29, 1.82) is 0 Å². The summed E-state index contributed by atoms with van der Waals surface area (Å²) in [6.07, 6.45) is 2.05. The molecule has 0 radical (unpaired) electrons. The van der Waals surface area contributed by atoms with Crippen molar-refractivity contribution in [3.8, 4) is 0 Å². The molecule has 0 heterocycles. The molecule has 132 valence electrons. The second-order valence-electron chi connectivity index (χ2n) is 5.93. The molecule has 3 aromatic rings. The molecule has 0 bridgehead atoms. The van der Waals surface area contributed by atoms with Gasteiger partial charge in [-0.1, -0.05) is 72.8 Å². The fourth-order valence-electron chi connectivity index (χ4n) is 2.76. The Kier molecular flexibility index (Phi) is 6.34. The van der Waals surface area contributed by atoms with Crippen molar-refractivity contribution in [3.05, 3.63) is 102 Å². The van der Waals surface area contributed by atoms with Gasteiger partial charge in [-0.25, -0.2) is 4.79 Å². The van der Waals surface area contributed by atoms with E-state index in [1.54, 1.807) is 11.8 Å². The molecule has 2 N–H and O–H groups in total. The summed E-state index contributed by atoms with van der Waals surface area (Å²) in [5.74, 6) is 0. The predicted molar refractivity (Wildman–Crippen MR) is 108 cm³/mol. The molecule has 4 heteroatoms. The number of thioether (sulfide) groups is 1. The Hall–Kier alpha value is -2.72. The van der Waals surface area contributed by atoms with Gasteiger partial charge in [-0.3, -0.25) is 0 Å². The quantitative estimate of drug-likeness (QED) is 0.606. The van der Waals surface area contributed by atoms with E-state index in [2.05, 4.69) is 22.8 Å². The van der Waals surface area contributed by atoms with Crippen molar-refractivity contribution >= 4 is 17.8 Å². The molecule has 0 unspecified atom stereocenters. The molecule has 0 aliphatic rings. The molecule has 0 saturated carbocycles. The van der Waals surface area contributed by atoms with Gasteiger partial charge in [0.1, 0.15) is 0 Å². The van der Waals surface area contributed by atoms with Crippen molar-refractivity contribution in [2.24, 2.45) is 0 Å². The molecular weight excluding hydrogens is 340 g/mol. The molecule has 2 amide bonds. The monoisotopic (exact) mass is 362 g/mol. The normalized spacial score (nSPS) is 10.5. The van der Waals surface area contributed by atoms with E-state index >= 15 is 0 Å². The van der Waals surface area contributed by atoms with Crippen molar-refractivity contribution in [2.45, 2.75) is 17.5 Å². The van der Waals surface area contributed by atoms with Crippen LogP contribution < -0.4 is 10.6 Å². The van der Waals surface area contributed by atoms with E-state index < -0.39 is 0 Å². The fourth-order valence-corrected chi connectivity index (χ4v) is 3.17. The first-order valence-electron chi connectivity index (χ1n) is 8.53. The van der Waals surface area contributed by atoms with Crippen LogP contribution in [0, 0.1) is 0 Å². The maximum atomic E-state index is 12.5. The summed E-state index contributed by atoms with van der Waals surface area (Å²) in [6.45, 7) is 0.497. The van der Waals surface area contributed by atoms with Crippen molar-refractivity contribution in [1.82, 2.24) is 10.6 Å². The zero-order valence-electron chi connectivity index (χ0n) is 14.7. The lowest BCUT2D eigenvalue weighted by molar-refractivity contribution is 0.238. The van der Waals surface area contributed by atoms with Crippen LogP contribution in [0.3, 0.4) is 0 Å². The van der Waals surface area contributed by atoms with E-state index in [0.29, 0.717) is 6.54 Å². The lowest BCUT2D eigenvalue weighted by atomic mass is 9.99. The molecule has 0 aliphatic heterocycles. The van der Waals surface area contributed by atoms with E-state index in [1.165, 1.54) is 4.90 Å². The maximum Gasteiger partial charge on any atom is 0.315 e. The number of amides is 2. The van der Waals surface area contributed by atoms with Crippen LogP contribution >= 0.6 is 11.8 Å². The van der Waals surface area contributed by atoms with Gasteiger partial charge in [-0.15, -0.1) is 11.8 Å². The number of carbonyl (C=O) groups is 1. The van der Waals surface area contributed by atoms with Crippen LogP contribution in [0.4, 0.5) is 4.79 Å². The molecule has 0 aliphatic carbocycles. The lowest BCUT2D eigenvalue weighted by Gasteiger charge is -2.20. The molecule has 3 aromatic carbocycles. The summed E-state index contributed by atoms with van der Waals surface area (Å²) < 4.78 is 0. The van der Waals surface area contributed by atoms with Crippen LogP contribution in [-0.2, 0) is 6.54 Å². The highest BCUT2D eigenvalue weighted by Crippen LogP contribution is 2.21. The third-order valence-electron chi connectivity index (χ3n) is 4.15. The van der Waals surface area contributed by atoms with Crippen LogP contribution in [0.5, 0.6) is 0 Å². The molecule has 0 spiro atoms. The van der Waals surface area contributed by atoms with Gasteiger partial charge < -0.3 is 10.6 Å². The van der Waals surface area contributed by atoms with E-state index in [1.807, 2.05) is 79.1 Å². The minimum absolute atomic E-state index is 0.184. The zero-order chi connectivity index (χ0) is 18.2. The van der Waals surface area contributed by atoms with E-state index in [0.717, 1.165) is 16.7 Å². The molecule has 26 heavy (non-hydrogen) atoms. The lowest BCUT2D eigenvalue weighted by Crippen LogP contribution is -2.38. The summed E-state index contributed by atoms with van der Waals surface area (Å²) in [6, 6.07) is 27.8. The van der Waals surface area contributed by atoms with Crippen molar-refractivity contribution < 1.29 is 4.79 Å². The highest BCUT2D eigenvalue weighted by molar-refractivity contribution is 7.98. The Bertz CT molecular complexity index is 780. The molecule has 0 aromatic heterocycles. The summed E-state index contributed by atoms with van der Waals surface area (Å²) in [7, 11) is 0. The van der Waals surface area contributed by atoms with Gasteiger partial charge in [-0.05, 0) is 35.1 Å². The highest BCUT2D eigenvalue weighted by Gasteiger charge is 2.16. The smallest absolute Gasteiger partial charge is 0.315 e. The Morgan fingerprint density at radius 3 is 1.88 bits per heavy atom. The average molecular weight is 362 g/mol. The second-order valence-corrected chi connectivity index (χ2v) is 6.81. The number of nitrogens with one attached hydrogen (secondary N) is 2. The Balaban J connectivity index is 1.67. The van der Waals surface area contributed by atoms with E-state index in [9.17, 15) is 4.79 Å². The van der Waals surface area contributed by atoms with Crippen molar-refractivity contribution in [3.63, 3.8) is 0 Å². The van der Waals surface area contributed by atoms with E-state index in [4.69, 9.17) is 0 Å². The number of urea groups is 1. The first-order valence-corrected chi connectivity index (χ1v) is 9.76. The largest absolute Gasteiger partial charge is 0.334 e. The van der Waals surface area contributed by atoms with Gasteiger partial charge in [0, 0.05) is 11.4 Å². The Morgan fingerprint density at radius 1 is 0.846 bits per heavy atom. The molecule has 3 rings (SSSR count). The Labute approximate surface area is 158 Å². The van der Waals surface area contributed by atoms with Crippen LogP contribution in [-0.4, -0.2) is 12.3 Å². The number of benzene rings is 3. The summed E-state index contributed by atoms with van der Waals surface area (Å²) in [5, 5.41) is 6.04. The van der Waals surface area contributed by atoms with Gasteiger partial charge in [0.2, 0.25) is 0 Å². The topological polar surface area (TPSA) is 41.1 Å². The summed E-state index contributed by atoms with van der Waals surface area (Å²) in [5.41, 5.74) is 3.19. The van der Waals surface area contributed by atoms with Crippen LogP contribution in [0.1, 0.15) is 22.7 Å². The number of carbonyl (C=O) groups excluding carboxylic acids is 1. The van der Waals surface area contributed by atoms with E-state index in [-0.39, 0.29) is 12.1 Å². The molecule has 0 saturated heterocycles. The number of hydrogen-bond donors (Lipinski definition) is 2. The van der Waals surface area contributed by atoms with Gasteiger partial charge in [-0.2, -0.15) is 0 Å². The van der Waals surface area contributed by atoms with Crippen molar-refractivity contribution in [2.75, 3.05) is 6.26 Å². The molecule has 3 nitrogen and oxygen atoms in total. The van der Waals surface area contributed by atoms with Gasteiger partial charge >= 0.3 is 6.03 Å². The SMILES string of the molecule is CSc1ccc(CNC(=O)NC(c2ccccc2)c2ccccc2)cc1. The third kappa shape index (κ3) is 4.90. The molecule has 0 fully saturated rings. The highest BCUT2D eigenvalue weighted by atomic mass is 32.2. The number of rotatable bonds is 6. The van der Waals surface area contributed by atoms with Gasteiger partial charge in [0.25, 0.3) is 0 Å². The summed E-state index contributed by atoms with van der Waals surface area (Å²) >= 11 is 1.71. The molecular formula is C22H22N2OS. The first kappa shape index (κ1) is 18.1. The second kappa shape index (κ2) is 9.11. The molecule has 0 atom stereocenters. The fraction of sp³-hybridized carbons (Fsp3) is 0.136. The minimum atomic E-state index is -0.184. The first-order chi connectivity index (χ1) is 12.8. The third-order valence-corrected chi connectivity index (χ3v) is 4.90. The summed E-state index contributed by atoms with van der Waals surface area (Å²) in [4.78, 5) is 13.7. The average Bonchev–Trinajstić information content (AvgIpc) is 2.72. The van der Waals surface area contributed by atoms with Crippen LogP contribution in [0.25, 0.3) is 0 Å². The number of hydrogen-bond acceptors (Lipinski definition) is 2. The predicted octanol–water partition coefficient (Wildman–Crippen LogP) is 5.00. The van der Waals surface area contributed by atoms with Crippen LogP contribution in [0.15, 0.2) is 89.8 Å². The maximum absolute atomic E-state index is 12.5. The standard InChI is InChI=1S/C22H22N2OS/c1-26-20-14-12-17(13-15-20)16-23-22(25)24-21(18-8-4-2-5-9-18)19-10-6-3-7-11-19/h2-15,21H,16H2,1H3,(H2,23,24,25). The van der Waals surface area contributed by atoms with Gasteiger partial charge in [0.15, 0.2) is 0 Å². The van der Waals surface area contributed by atoms with Gasteiger partial charge in [0.05, 0.1) is 6.04 Å². The zero-order valence-corrected chi connectivity index (χ0v) is 15.5. The minimum Gasteiger partial charge on any atom is -0.334 e. The van der Waals surface area contributed by atoms with Crippen LogP contribution in [0.2, 0.25) is 0 Å². The Morgan fingerprint density at radius 2 is 1.38 bits per heavy atom.